The second-order valence-corrected chi connectivity index (χ2v) is 7.63. The molecule has 0 atom stereocenters. The van der Waals surface area contributed by atoms with Crippen molar-refractivity contribution in [1.29, 1.82) is 0 Å². The van der Waals surface area contributed by atoms with Gasteiger partial charge in [-0.2, -0.15) is 0 Å². The minimum Gasteiger partial charge on any atom is -0.352 e. The SMILES string of the molecule is O=C(NCCc1cnc[nH]1)c1cccc(Nc2ncnc3[nH]cc(C(=O)c4ccccc4)c23)c1. The standard InChI is InChI=1S/C25H21N7O2/c33-22(16-5-2-1-3-6-16)20-13-28-23-21(20)24(31-15-30-23)32-18-8-4-7-17(11-18)25(34)27-10-9-19-12-26-14-29-19/h1-8,11-15H,9-10H2,(H,26,29)(H,27,34)(H2,28,30,31,32). The van der Waals surface area contributed by atoms with Gasteiger partial charge in [-0.25, -0.2) is 15.0 Å². The number of nitrogens with one attached hydrogen (secondary N) is 4. The van der Waals surface area contributed by atoms with E-state index in [4.69, 9.17) is 0 Å². The number of benzene rings is 2. The molecule has 5 aromatic rings. The highest BCUT2D eigenvalue weighted by molar-refractivity contribution is 6.18. The van der Waals surface area contributed by atoms with Crippen LogP contribution >= 0.6 is 0 Å². The van der Waals surface area contributed by atoms with E-state index in [0.717, 1.165) is 5.69 Å². The number of anilines is 2. The maximum atomic E-state index is 13.1. The first-order chi connectivity index (χ1) is 16.7. The van der Waals surface area contributed by atoms with Crippen molar-refractivity contribution in [2.75, 3.05) is 11.9 Å². The molecule has 0 unspecified atom stereocenters. The van der Waals surface area contributed by atoms with Crippen molar-refractivity contribution < 1.29 is 9.59 Å². The summed E-state index contributed by atoms with van der Waals surface area (Å²) in [6, 6.07) is 16.2. The first-order valence-corrected chi connectivity index (χ1v) is 10.7. The summed E-state index contributed by atoms with van der Waals surface area (Å²) >= 11 is 0. The average molecular weight is 451 g/mol. The zero-order valence-electron chi connectivity index (χ0n) is 18.1. The van der Waals surface area contributed by atoms with Crippen molar-refractivity contribution in [3.8, 4) is 0 Å². The molecule has 9 heteroatoms. The molecular formula is C25H21N7O2. The van der Waals surface area contributed by atoms with Crippen LogP contribution in [0.4, 0.5) is 11.5 Å². The third-order valence-electron chi connectivity index (χ3n) is 5.37. The molecule has 0 aliphatic carbocycles. The summed E-state index contributed by atoms with van der Waals surface area (Å²) in [6.45, 7) is 0.486. The highest BCUT2D eigenvalue weighted by Crippen LogP contribution is 2.28. The van der Waals surface area contributed by atoms with Crippen molar-refractivity contribution in [2.45, 2.75) is 6.42 Å². The number of aromatic amines is 2. The molecule has 0 fully saturated rings. The lowest BCUT2D eigenvalue weighted by atomic mass is 10.0. The van der Waals surface area contributed by atoms with E-state index in [0.29, 0.717) is 52.2 Å². The Labute approximate surface area is 194 Å². The Morgan fingerprint density at radius 3 is 2.62 bits per heavy atom. The van der Waals surface area contributed by atoms with Gasteiger partial charge in [0, 0.05) is 47.9 Å². The van der Waals surface area contributed by atoms with E-state index in [1.165, 1.54) is 6.33 Å². The molecule has 0 radical (unpaired) electrons. The first kappa shape index (κ1) is 21.1. The van der Waals surface area contributed by atoms with Gasteiger partial charge in [-0.05, 0) is 18.2 Å². The Kier molecular flexibility index (Phi) is 5.81. The number of H-pyrrole nitrogens is 2. The highest BCUT2D eigenvalue weighted by Gasteiger charge is 2.18. The highest BCUT2D eigenvalue weighted by atomic mass is 16.1. The third kappa shape index (κ3) is 4.40. The maximum Gasteiger partial charge on any atom is 0.251 e. The number of hydrogen-bond donors (Lipinski definition) is 4. The predicted molar refractivity (Wildman–Crippen MR) is 128 cm³/mol. The monoisotopic (exact) mass is 451 g/mol. The van der Waals surface area contributed by atoms with Crippen molar-refractivity contribution in [2.24, 2.45) is 0 Å². The number of nitrogens with zero attached hydrogens (tertiary/aromatic N) is 3. The molecule has 5 rings (SSSR count). The second-order valence-electron chi connectivity index (χ2n) is 7.63. The number of carbonyl (C=O) groups is 2. The lowest BCUT2D eigenvalue weighted by Gasteiger charge is -2.10. The second kappa shape index (κ2) is 9.37. The topological polar surface area (TPSA) is 128 Å². The first-order valence-electron chi connectivity index (χ1n) is 10.7. The summed E-state index contributed by atoms with van der Waals surface area (Å²) in [5.74, 6) is 0.162. The number of hydrogen-bond acceptors (Lipinski definition) is 6. The van der Waals surface area contributed by atoms with Gasteiger partial charge in [-0.1, -0.05) is 36.4 Å². The van der Waals surface area contributed by atoms with Gasteiger partial charge in [0.15, 0.2) is 5.78 Å². The van der Waals surface area contributed by atoms with Crippen LogP contribution in [-0.2, 0) is 6.42 Å². The van der Waals surface area contributed by atoms with Crippen LogP contribution in [0.15, 0.2) is 79.6 Å². The van der Waals surface area contributed by atoms with Crippen LogP contribution in [0.2, 0.25) is 0 Å². The van der Waals surface area contributed by atoms with Crippen LogP contribution in [0, 0.1) is 0 Å². The summed E-state index contributed by atoms with van der Waals surface area (Å²) in [7, 11) is 0. The lowest BCUT2D eigenvalue weighted by molar-refractivity contribution is 0.0953. The molecule has 34 heavy (non-hydrogen) atoms. The van der Waals surface area contributed by atoms with Crippen LogP contribution < -0.4 is 10.6 Å². The fraction of sp³-hybridized carbons (Fsp3) is 0.0800. The van der Waals surface area contributed by atoms with Gasteiger partial charge in [0.1, 0.15) is 17.8 Å². The minimum atomic E-state index is -0.183. The van der Waals surface area contributed by atoms with Gasteiger partial charge in [0.05, 0.1) is 17.3 Å². The minimum absolute atomic E-state index is 0.130. The molecule has 0 bridgehead atoms. The Bertz CT molecular complexity index is 1440. The van der Waals surface area contributed by atoms with Crippen molar-refractivity contribution in [3.63, 3.8) is 0 Å². The summed E-state index contributed by atoms with van der Waals surface area (Å²) in [5, 5.41) is 6.73. The number of fused-ring (bicyclic) bond motifs is 1. The number of rotatable bonds is 8. The molecule has 3 aromatic heterocycles. The maximum absolute atomic E-state index is 13.1. The van der Waals surface area contributed by atoms with Crippen molar-refractivity contribution in [3.05, 3.63) is 102 Å². The van der Waals surface area contributed by atoms with Gasteiger partial charge >= 0.3 is 0 Å². The van der Waals surface area contributed by atoms with E-state index in [9.17, 15) is 9.59 Å². The number of aromatic nitrogens is 5. The van der Waals surface area contributed by atoms with Gasteiger partial charge in [0.2, 0.25) is 0 Å². The zero-order valence-corrected chi connectivity index (χ0v) is 18.1. The van der Waals surface area contributed by atoms with E-state index in [-0.39, 0.29) is 11.7 Å². The fourth-order valence-electron chi connectivity index (χ4n) is 3.69. The van der Waals surface area contributed by atoms with Crippen LogP contribution in [0.25, 0.3) is 11.0 Å². The largest absolute Gasteiger partial charge is 0.352 e. The number of carbonyl (C=O) groups excluding carboxylic acids is 2. The molecule has 2 aromatic carbocycles. The lowest BCUT2D eigenvalue weighted by Crippen LogP contribution is -2.25. The van der Waals surface area contributed by atoms with Crippen molar-refractivity contribution >= 4 is 34.2 Å². The smallest absolute Gasteiger partial charge is 0.251 e. The van der Waals surface area contributed by atoms with E-state index in [1.54, 1.807) is 49.1 Å². The number of amides is 1. The molecule has 0 aliphatic heterocycles. The van der Waals surface area contributed by atoms with Gasteiger partial charge in [0.25, 0.3) is 5.91 Å². The summed E-state index contributed by atoms with van der Waals surface area (Å²) in [4.78, 5) is 44.3. The number of imidazole rings is 1. The normalized spacial score (nSPS) is 10.8. The molecule has 0 aliphatic rings. The van der Waals surface area contributed by atoms with Crippen LogP contribution in [-0.4, -0.2) is 43.2 Å². The van der Waals surface area contributed by atoms with E-state index in [1.807, 2.05) is 24.3 Å². The molecule has 0 spiro atoms. The third-order valence-corrected chi connectivity index (χ3v) is 5.37. The zero-order chi connectivity index (χ0) is 23.3. The average Bonchev–Trinajstić information content (AvgIpc) is 3.55. The van der Waals surface area contributed by atoms with Gasteiger partial charge in [-0.15, -0.1) is 0 Å². The molecule has 4 N–H and O–H groups in total. The molecular weight excluding hydrogens is 430 g/mol. The molecule has 0 saturated carbocycles. The van der Waals surface area contributed by atoms with Gasteiger partial charge < -0.3 is 20.6 Å². The quantitative estimate of drug-likeness (QED) is 0.267. The van der Waals surface area contributed by atoms with Gasteiger partial charge in [-0.3, -0.25) is 9.59 Å². The summed E-state index contributed by atoms with van der Waals surface area (Å²) < 4.78 is 0. The predicted octanol–water partition coefficient (Wildman–Crippen LogP) is 3.63. The van der Waals surface area contributed by atoms with Crippen LogP contribution in [0.5, 0.6) is 0 Å². The molecule has 3 heterocycles. The summed E-state index contributed by atoms with van der Waals surface area (Å²) in [5.41, 5.74) is 3.72. The fourth-order valence-corrected chi connectivity index (χ4v) is 3.69. The van der Waals surface area contributed by atoms with E-state index >= 15 is 0 Å². The summed E-state index contributed by atoms with van der Waals surface area (Å²) in [6.07, 6.45) is 7.07. The molecule has 9 nitrogen and oxygen atoms in total. The molecule has 1 amide bonds. The molecule has 168 valence electrons. The Morgan fingerprint density at radius 1 is 0.941 bits per heavy atom. The number of ketones is 1. The van der Waals surface area contributed by atoms with E-state index in [2.05, 4.69) is 35.6 Å². The van der Waals surface area contributed by atoms with Crippen molar-refractivity contribution in [1.82, 2.24) is 30.2 Å². The van der Waals surface area contributed by atoms with Crippen LogP contribution in [0.3, 0.4) is 0 Å². The van der Waals surface area contributed by atoms with Crippen LogP contribution in [0.1, 0.15) is 32.0 Å². The Morgan fingerprint density at radius 2 is 1.79 bits per heavy atom. The Hall–Kier alpha value is -4.79. The van der Waals surface area contributed by atoms with E-state index < -0.39 is 0 Å². The molecule has 0 saturated heterocycles. The Balaban J connectivity index is 1.37.